The number of nitrogen functional groups attached to an aromatic ring is 1. The number of nitro benzene ring substituents is 1. The number of hydrogen-bond donors (Lipinski definition) is 2. The van der Waals surface area contributed by atoms with Crippen LogP contribution in [-0.2, 0) is 0 Å². The van der Waals surface area contributed by atoms with Gasteiger partial charge in [0, 0.05) is 18.7 Å². The molecule has 1 saturated heterocycles. The Labute approximate surface area is 141 Å². The first-order valence-corrected chi connectivity index (χ1v) is 7.60. The lowest BCUT2D eigenvalue weighted by Crippen LogP contribution is -2.46. The second-order valence-electron chi connectivity index (χ2n) is 5.48. The highest BCUT2D eigenvalue weighted by molar-refractivity contribution is 6.01. The Hall–Kier alpha value is -1.86. The zero-order valence-electron chi connectivity index (χ0n) is 13.2. The van der Waals surface area contributed by atoms with Crippen molar-refractivity contribution in [2.75, 3.05) is 25.4 Å². The van der Waals surface area contributed by atoms with Gasteiger partial charge < -0.3 is 16.0 Å². The van der Waals surface area contributed by atoms with Crippen molar-refractivity contribution in [2.45, 2.75) is 32.2 Å². The van der Waals surface area contributed by atoms with E-state index in [4.69, 9.17) is 5.73 Å². The number of nitrogens with zero attached hydrogens (tertiary/aromatic N) is 2. The molecule has 0 aliphatic carbocycles. The highest BCUT2D eigenvalue weighted by atomic mass is 35.5. The fourth-order valence-electron chi connectivity index (χ4n) is 2.86. The first kappa shape index (κ1) is 19.2. The van der Waals surface area contributed by atoms with E-state index in [1.165, 1.54) is 12.1 Å². The van der Waals surface area contributed by atoms with Gasteiger partial charge in [0.1, 0.15) is 5.69 Å². The number of nitro groups is 1. The average Bonchev–Trinajstić information content (AvgIpc) is 2.52. The molecule has 0 spiro atoms. The van der Waals surface area contributed by atoms with Crippen LogP contribution in [0.3, 0.4) is 0 Å². The average molecular weight is 343 g/mol. The smallest absolute Gasteiger partial charge is 0.292 e. The molecule has 1 amide bonds. The molecule has 1 fully saturated rings. The van der Waals surface area contributed by atoms with E-state index in [1.807, 2.05) is 11.8 Å². The quantitative estimate of drug-likeness (QED) is 0.485. The first-order valence-electron chi connectivity index (χ1n) is 7.60. The molecule has 0 aromatic heterocycles. The number of halogens is 1. The van der Waals surface area contributed by atoms with E-state index in [-0.39, 0.29) is 41.3 Å². The zero-order chi connectivity index (χ0) is 16.1. The molecule has 0 saturated carbocycles. The number of rotatable bonds is 5. The van der Waals surface area contributed by atoms with E-state index in [0.29, 0.717) is 6.54 Å². The second-order valence-corrected chi connectivity index (χ2v) is 5.48. The van der Waals surface area contributed by atoms with Gasteiger partial charge in [-0.15, -0.1) is 12.4 Å². The Kier molecular flexibility index (Phi) is 7.25. The lowest BCUT2D eigenvalue weighted by molar-refractivity contribution is -0.383. The number of nitrogens with two attached hydrogens (primary N) is 1. The Morgan fingerprint density at radius 1 is 1.43 bits per heavy atom. The van der Waals surface area contributed by atoms with Crippen LogP contribution >= 0.6 is 12.4 Å². The van der Waals surface area contributed by atoms with Gasteiger partial charge in [0.05, 0.1) is 10.5 Å². The Morgan fingerprint density at radius 2 is 2.09 bits per heavy atom. The predicted molar refractivity (Wildman–Crippen MR) is 92.0 cm³/mol. The van der Waals surface area contributed by atoms with Crippen LogP contribution < -0.4 is 11.1 Å². The van der Waals surface area contributed by atoms with E-state index >= 15 is 0 Å². The van der Waals surface area contributed by atoms with E-state index < -0.39 is 4.92 Å². The summed E-state index contributed by atoms with van der Waals surface area (Å²) in [6.07, 6.45) is 2.62. The summed E-state index contributed by atoms with van der Waals surface area (Å²) in [5.74, 6) is -0.213. The highest BCUT2D eigenvalue weighted by Gasteiger charge is 2.28. The van der Waals surface area contributed by atoms with E-state index in [1.54, 1.807) is 6.07 Å². The number of hydrogen-bond acceptors (Lipinski definition) is 5. The number of piperidine rings is 1. The van der Waals surface area contributed by atoms with Crippen LogP contribution in [0.2, 0.25) is 0 Å². The Bertz CT molecular complexity index is 562. The van der Waals surface area contributed by atoms with Crippen LogP contribution in [0.25, 0.3) is 0 Å². The summed E-state index contributed by atoms with van der Waals surface area (Å²) in [6.45, 7) is 4.40. The van der Waals surface area contributed by atoms with E-state index in [2.05, 4.69) is 5.32 Å². The fraction of sp³-hybridized carbons (Fsp3) is 0.533. The van der Waals surface area contributed by atoms with Gasteiger partial charge in [-0.25, -0.2) is 0 Å². The van der Waals surface area contributed by atoms with Crippen molar-refractivity contribution < 1.29 is 9.72 Å². The van der Waals surface area contributed by atoms with Gasteiger partial charge in [0.25, 0.3) is 11.6 Å². The lowest BCUT2D eigenvalue weighted by Gasteiger charge is -2.34. The van der Waals surface area contributed by atoms with Gasteiger partial charge in [-0.05, 0) is 38.4 Å². The molecular weight excluding hydrogens is 320 g/mol. The molecule has 7 nitrogen and oxygen atoms in total. The van der Waals surface area contributed by atoms with Crippen molar-refractivity contribution in [1.82, 2.24) is 10.2 Å². The minimum absolute atomic E-state index is 0. The minimum atomic E-state index is -0.555. The summed E-state index contributed by atoms with van der Waals surface area (Å²) in [6, 6.07) is 4.55. The van der Waals surface area contributed by atoms with Crippen molar-refractivity contribution in [2.24, 2.45) is 0 Å². The summed E-state index contributed by atoms with van der Waals surface area (Å²) in [5, 5.41) is 14.3. The molecule has 23 heavy (non-hydrogen) atoms. The largest absolute Gasteiger partial charge is 0.393 e. The molecule has 0 atom stereocenters. The summed E-state index contributed by atoms with van der Waals surface area (Å²) in [7, 11) is 0. The van der Waals surface area contributed by atoms with E-state index in [9.17, 15) is 14.9 Å². The summed E-state index contributed by atoms with van der Waals surface area (Å²) in [4.78, 5) is 25.1. The standard InChI is InChI=1S/C15H22N4O3.ClH/c1-2-10-18(11-6-8-17-9-7-11)15(20)12-4-3-5-13(14(12)16)19(21)22;/h3-5,11,17H,2,6-10,16H2,1H3;1H. The van der Waals surface area contributed by atoms with Crippen molar-refractivity contribution in [1.29, 1.82) is 0 Å². The Balaban J connectivity index is 0.00000264. The van der Waals surface area contributed by atoms with Gasteiger partial charge in [-0.3, -0.25) is 14.9 Å². The third-order valence-corrected chi connectivity index (χ3v) is 3.99. The maximum atomic E-state index is 12.8. The van der Waals surface area contributed by atoms with Gasteiger partial charge >= 0.3 is 0 Å². The number of para-hydroxylation sites is 1. The molecular formula is C15H23ClN4O3. The molecule has 8 heteroatoms. The van der Waals surface area contributed by atoms with Crippen LogP contribution in [0.4, 0.5) is 11.4 Å². The third kappa shape index (κ3) is 4.33. The number of benzene rings is 1. The van der Waals surface area contributed by atoms with E-state index in [0.717, 1.165) is 32.4 Å². The van der Waals surface area contributed by atoms with Crippen LogP contribution in [-0.4, -0.2) is 41.4 Å². The second kappa shape index (κ2) is 8.69. The number of nitrogens with one attached hydrogen (secondary N) is 1. The number of carbonyl (C=O) groups excluding carboxylic acids is 1. The molecule has 1 aliphatic rings. The van der Waals surface area contributed by atoms with Crippen LogP contribution in [0.1, 0.15) is 36.5 Å². The number of anilines is 1. The van der Waals surface area contributed by atoms with Crippen molar-refractivity contribution in [3.05, 3.63) is 33.9 Å². The topological polar surface area (TPSA) is 102 Å². The molecule has 1 heterocycles. The van der Waals surface area contributed by atoms with Gasteiger partial charge in [-0.1, -0.05) is 13.0 Å². The fourth-order valence-corrected chi connectivity index (χ4v) is 2.86. The SMILES string of the molecule is CCCN(C(=O)c1cccc([N+](=O)[O-])c1N)C1CCNCC1.Cl. The third-order valence-electron chi connectivity index (χ3n) is 3.99. The lowest BCUT2D eigenvalue weighted by atomic mass is 10.0. The minimum Gasteiger partial charge on any atom is -0.393 e. The summed E-state index contributed by atoms with van der Waals surface area (Å²) < 4.78 is 0. The van der Waals surface area contributed by atoms with Crippen molar-refractivity contribution >= 4 is 29.7 Å². The van der Waals surface area contributed by atoms with Crippen molar-refractivity contribution in [3.8, 4) is 0 Å². The Morgan fingerprint density at radius 3 is 2.65 bits per heavy atom. The molecule has 1 aromatic carbocycles. The molecule has 3 N–H and O–H groups in total. The van der Waals surface area contributed by atoms with Gasteiger partial charge in [0.15, 0.2) is 0 Å². The van der Waals surface area contributed by atoms with Gasteiger partial charge in [-0.2, -0.15) is 0 Å². The summed E-state index contributed by atoms with van der Waals surface area (Å²) in [5.41, 5.74) is 5.81. The normalized spacial score (nSPS) is 14.8. The molecule has 1 aromatic rings. The molecule has 0 radical (unpaired) electrons. The van der Waals surface area contributed by atoms with Gasteiger partial charge in [0.2, 0.25) is 0 Å². The molecule has 0 unspecified atom stereocenters. The monoisotopic (exact) mass is 342 g/mol. The maximum Gasteiger partial charge on any atom is 0.292 e. The molecule has 128 valence electrons. The molecule has 1 aliphatic heterocycles. The summed E-state index contributed by atoms with van der Waals surface area (Å²) >= 11 is 0. The number of carbonyl (C=O) groups is 1. The number of amides is 1. The molecule has 2 rings (SSSR count). The molecule has 0 bridgehead atoms. The predicted octanol–water partition coefficient (Wildman–Crippen LogP) is 2.20. The first-order chi connectivity index (χ1) is 10.6. The van der Waals surface area contributed by atoms with Crippen LogP contribution in [0.5, 0.6) is 0 Å². The van der Waals surface area contributed by atoms with Crippen LogP contribution in [0.15, 0.2) is 18.2 Å². The maximum absolute atomic E-state index is 12.8. The van der Waals surface area contributed by atoms with Crippen LogP contribution in [0, 0.1) is 10.1 Å². The highest BCUT2D eigenvalue weighted by Crippen LogP contribution is 2.27. The van der Waals surface area contributed by atoms with Crippen molar-refractivity contribution in [3.63, 3.8) is 0 Å². The zero-order valence-corrected chi connectivity index (χ0v) is 14.0.